The van der Waals surface area contributed by atoms with E-state index in [1.54, 1.807) is 54.6 Å². The summed E-state index contributed by atoms with van der Waals surface area (Å²) in [4.78, 5) is 38.7. The van der Waals surface area contributed by atoms with Crippen LogP contribution in [0.25, 0.3) is 5.76 Å². The zero-order chi connectivity index (χ0) is 24.4. The Balaban J connectivity index is 1.95. The van der Waals surface area contributed by atoms with Gasteiger partial charge in [-0.25, -0.2) is 4.79 Å². The maximum atomic E-state index is 13.3. The van der Waals surface area contributed by atoms with Crippen LogP contribution in [-0.4, -0.2) is 34.5 Å². The first-order valence-electron chi connectivity index (χ1n) is 10.0. The summed E-state index contributed by atoms with van der Waals surface area (Å²) < 4.78 is 5.37. The van der Waals surface area contributed by atoms with Crippen molar-refractivity contribution in [3.05, 3.63) is 99.5 Å². The van der Waals surface area contributed by atoms with Crippen LogP contribution in [0.3, 0.4) is 0 Å². The van der Waals surface area contributed by atoms with Gasteiger partial charge in [-0.05, 0) is 35.9 Å². The molecule has 1 amide bonds. The van der Waals surface area contributed by atoms with E-state index >= 15 is 0 Å². The molecule has 7 nitrogen and oxygen atoms in total. The summed E-state index contributed by atoms with van der Waals surface area (Å²) in [6.45, 7) is -0.672. The molecule has 34 heavy (non-hydrogen) atoms. The minimum absolute atomic E-state index is 0.0346. The Kier molecular flexibility index (Phi) is 6.58. The number of hydrogen-bond donors (Lipinski definition) is 2. The van der Waals surface area contributed by atoms with Gasteiger partial charge in [-0.1, -0.05) is 65.7 Å². The van der Waals surface area contributed by atoms with E-state index in [0.717, 1.165) is 4.90 Å². The number of rotatable bonds is 6. The second kappa shape index (κ2) is 9.59. The lowest BCUT2D eigenvalue weighted by Crippen LogP contribution is -2.30. The van der Waals surface area contributed by atoms with Crippen LogP contribution in [0.1, 0.15) is 17.2 Å². The van der Waals surface area contributed by atoms with Gasteiger partial charge in [0, 0.05) is 15.6 Å². The summed E-state index contributed by atoms with van der Waals surface area (Å²) in [5, 5.41) is 20.8. The molecule has 4 rings (SSSR count). The van der Waals surface area contributed by atoms with Crippen molar-refractivity contribution in [2.24, 2.45) is 0 Å². The SMILES string of the molecule is O=C(O)COc1ccc(Cl)cc1N1C(=O)C(=O)C(=C(O)c2ccccc2)C1c1ccc(Cl)cc1. The van der Waals surface area contributed by atoms with Crippen LogP contribution in [0.5, 0.6) is 5.75 Å². The molecule has 2 N–H and O–H groups in total. The number of nitrogens with zero attached hydrogens (tertiary/aromatic N) is 1. The summed E-state index contributed by atoms with van der Waals surface area (Å²) in [7, 11) is 0. The number of carbonyl (C=O) groups is 3. The number of aliphatic carboxylic acids is 1. The Bertz CT molecular complexity index is 1300. The maximum absolute atomic E-state index is 13.3. The molecule has 0 bridgehead atoms. The molecule has 1 unspecified atom stereocenters. The summed E-state index contributed by atoms with van der Waals surface area (Å²) >= 11 is 12.2. The van der Waals surface area contributed by atoms with Gasteiger partial charge in [0.1, 0.15) is 11.5 Å². The second-order valence-electron chi connectivity index (χ2n) is 7.38. The molecule has 0 spiro atoms. The Morgan fingerprint density at radius 1 is 0.912 bits per heavy atom. The highest BCUT2D eigenvalue weighted by atomic mass is 35.5. The van der Waals surface area contributed by atoms with Gasteiger partial charge in [0.25, 0.3) is 11.7 Å². The molecule has 1 fully saturated rings. The molecule has 172 valence electrons. The number of amides is 1. The van der Waals surface area contributed by atoms with Crippen LogP contribution in [0.2, 0.25) is 10.0 Å². The average molecular weight is 498 g/mol. The van der Waals surface area contributed by atoms with E-state index in [2.05, 4.69) is 0 Å². The first kappa shape index (κ1) is 23.4. The molecule has 1 saturated heterocycles. The number of aliphatic hydroxyl groups excluding tert-OH is 1. The number of ketones is 1. The predicted octanol–water partition coefficient (Wildman–Crippen LogP) is 5.08. The smallest absolute Gasteiger partial charge is 0.341 e. The fourth-order valence-electron chi connectivity index (χ4n) is 3.73. The molecule has 1 aliphatic heterocycles. The molecule has 9 heteroatoms. The Labute approximate surface area is 204 Å². The fourth-order valence-corrected chi connectivity index (χ4v) is 4.03. The Hall–Kier alpha value is -3.81. The highest BCUT2D eigenvalue weighted by molar-refractivity contribution is 6.52. The van der Waals surface area contributed by atoms with Gasteiger partial charge in [-0.2, -0.15) is 0 Å². The molecule has 3 aromatic rings. The van der Waals surface area contributed by atoms with Gasteiger partial charge in [-0.3, -0.25) is 14.5 Å². The van der Waals surface area contributed by atoms with Crippen molar-refractivity contribution in [2.45, 2.75) is 6.04 Å². The number of hydrogen-bond acceptors (Lipinski definition) is 5. The number of anilines is 1. The van der Waals surface area contributed by atoms with Crippen molar-refractivity contribution < 1.29 is 29.3 Å². The lowest BCUT2D eigenvalue weighted by molar-refractivity contribution is -0.139. The van der Waals surface area contributed by atoms with Gasteiger partial charge in [0.15, 0.2) is 6.61 Å². The predicted molar refractivity (Wildman–Crippen MR) is 127 cm³/mol. The minimum Gasteiger partial charge on any atom is -0.507 e. The van der Waals surface area contributed by atoms with Gasteiger partial charge in [0.05, 0.1) is 17.3 Å². The first-order valence-corrected chi connectivity index (χ1v) is 10.8. The highest BCUT2D eigenvalue weighted by Gasteiger charge is 2.47. The van der Waals surface area contributed by atoms with Crippen molar-refractivity contribution in [2.75, 3.05) is 11.5 Å². The standard InChI is InChI=1S/C25H17Cl2NO6/c26-16-8-6-14(7-9-16)22-21(23(31)15-4-2-1-3-5-15)24(32)25(33)28(22)18-12-17(27)10-11-19(18)34-13-20(29)30/h1-12,22,31H,13H2,(H,29,30). The maximum Gasteiger partial charge on any atom is 0.341 e. The van der Waals surface area contributed by atoms with E-state index < -0.39 is 30.3 Å². The lowest BCUT2D eigenvalue weighted by Gasteiger charge is -2.27. The normalized spacial score (nSPS) is 17.1. The average Bonchev–Trinajstić information content (AvgIpc) is 3.09. The molecular weight excluding hydrogens is 481 g/mol. The second-order valence-corrected chi connectivity index (χ2v) is 8.25. The van der Waals surface area contributed by atoms with Gasteiger partial charge < -0.3 is 14.9 Å². The largest absolute Gasteiger partial charge is 0.507 e. The van der Waals surface area contributed by atoms with Crippen LogP contribution in [0.15, 0.2) is 78.4 Å². The van der Waals surface area contributed by atoms with E-state index in [9.17, 15) is 19.5 Å². The van der Waals surface area contributed by atoms with Gasteiger partial charge >= 0.3 is 5.97 Å². The quantitative estimate of drug-likeness (QED) is 0.279. The molecule has 0 radical (unpaired) electrons. The minimum atomic E-state index is -1.22. The topological polar surface area (TPSA) is 104 Å². The Morgan fingerprint density at radius 2 is 1.56 bits per heavy atom. The van der Waals surface area contributed by atoms with Crippen molar-refractivity contribution in [3.63, 3.8) is 0 Å². The van der Waals surface area contributed by atoms with Crippen molar-refractivity contribution in [1.82, 2.24) is 0 Å². The van der Waals surface area contributed by atoms with Gasteiger partial charge in [0.2, 0.25) is 0 Å². The number of carbonyl (C=O) groups excluding carboxylic acids is 2. The summed E-state index contributed by atoms with van der Waals surface area (Å²) in [5.41, 5.74) is 0.795. The molecule has 3 aromatic carbocycles. The van der Waals surface area contributed by atoms with Crippen molar-refractivity contribution in [3.8, 4) is 5.75 Å². The molecule has 0 saturated carbocycles. The van der Waals surface area contributed by atoms with Crippen LogP contribution >= 0.6 is 23.2 Å². The molecule has 1 heterocycles. The van der Waals surface area contributed by atoms with E-state index in [4.69, 9.17) is 33.0 Å². The third-order valence-electron chi connectivity index (χ3n) is 5.21. The van der Waals surface area contributed by atoms with E-state index in [-0.39, 0.29) is 27.8 Å². The molecule has 1 atom stereocenters. The zero-order valence-electron chi connectivity index (χ0n) is 17.4. The monoisotopic (exact) mass is 497 g/mol. The van der Waals surface area contributed by atoms with Crippen LogP contribution < -0.4 is 9.64 Å². The fraction of sp³-hybridized carbons (Fsp3) is 0.0800. The first-order chi connectivity index (χ1) is 16.3. The number of carboxylic acids is 1. The van der Waals surface area contributed by atoms with Crippen LogP contribution in [0, 0.1) is 0 Å². The van der Waals surface area contributed by atoms with Crippen LogP contribution in [0.4, 0.5) is 5.69 Å². The number of benzene rings is 3. The van der Waals surface area contributed by atoms with E-state index in [1.165, 1.54) is 18.2 Å². The van der Waals surface area contributed by atoms with E-state index in [0.29, 0.717) is 16.1 Å². The zero-order valence-corrected chi connectivity index (χ0v) is 19.0. The number of ether oxygens (including phenoxy) is 1. The summed E-state index contributed by atoms with van der Waals surface area (Å²) in [6.07, 6.45) is 0. The van der Waals surface area contributed by atoms with Crippen LogP contribution in [-0.2, 0) is 14.4 Å². The van der Waals surface area contributed by atoms with Crippen molar-refractivity contribution in [1.29, 1.82) is 0 Å². The van der Waals surface area contributed by atoms with Gasteiger partial charge in [-0.15, -0.1) is 0 Å². The molecule has 1 aliphatic rings. The highest BCUT2D eigenvalue weighted by Crippen LogP contribution is 2.45. The Morgan fingerprint density at radius 3 is 2.21 bits per heavy atom. The third kappa shape index (κ3) is 4.48. The molecular formula is C25H17Cl2NO6. The summed E-state index contributed by atoms with van der Waals surface area (Å²) in [5.74, 6) is -3.38. The van der Waals surface area contributed by atoms with E-state index in [1.807, 2.05) is 0 Å². The van der Waals surface area contributed by atoms with Crippen molar-refractivity contribution >= 4 is 52.3 Å². The molecule has 0 aromatic heterocycles. The molecule has 0 aliphatic carbocycles. The third-order valence-corrected chi connectivity index (χ3v) is 5.70. The number of carboxylic acid groups (broad SMARTS) is 1. The number of aliphatic hydroxyl groups is 1. The lowest BCUT2D eigenvalue weighted by atomic mass is 9.95. The summed E-state index contributed by atoms with van der Waals surface area (Å²) in [6, 6.07) is 18.1. The number of halogens is 2. The number of Topliss-reactive ketones (excluding diaryl/α,β-unsaturated/α-hetero) is 1.